The predicted octanol–water partition coefficient (Wildman–Crippen LogP) is 1.37. The summed E-state index contributed by atoms with van der Waals surface area (Å²) in [5.74, 6) is 0.478. The molecule has 0 saturated carbocycles. The molecule has 112 valence electrons. The Labute approximate surface area is 119 Å². The molecule has 0 radical (unpaired) electrons. The van der Waals surface area contributed by atoms with Crippen molar-refractivity contribution >= 4 is 5.91 Å². The lowest BCUT2D eigenvalue weighted by molar-refractivity contribution is -0.126. The highest BCUT2D eigenvalue weighted by atomic mass is 16.5. The maximum Gasteiger partial charge on any atom is 0.223 e. The summed E-state index contributed by atoms with van der Waals surface area (Å²) in [6.45, 7) is 7.95. The zero-order valence-electron chi connectivity index (χ0n) is 12.5. The van der Waals surface area contributed by atoms with Crippen LogP contribution in [-0.2, 0) is 22.7 Å². The van der Waals surface area contributed by atoms with Crippen molar-refractivity contribution in [2.24, 2.45) is 11.8 Å². The monoisotopic (exact) mass is 280 g/mol. The van der Waals surface area contributed by atoms with Gasteiger partial charge in [-0.15, -0.1) is 5.10 Å². The van der Waals surface area contributed by atoms with Gasteiger partial charge in [-0.3, -0.25) is 4.79 Å². The average molecular weight is 280 g/mol. The van der Waals surface area contributed by atoms with Crippen molar-refractivity contribution in [3.8, 4) is 0 Å². The van der Waals surface area contributed by atoms with E-state index in [1.807, 2.05) is 11.6 Å². The molecule has 2 atom stereocenters. The molecule has 0 bridgehead atoms. The van der Waals surface area contributed by atoms with Crippen LogP contribution in [-0.4, -0.2) is 33.5 Å². The van der Waals surface area contributed by atoms with Gasteiger partial charge in [-0.25, -0.2) is 4.68 Å². The quantitative estimate of drug-likeness (QED) is 0.843. The summed E-state index contributed by atoms with van der Waals surface area (Å²) in [4.78, 5) is 12.1. The molecule has 2 heterocycles. The van der Waals surface area contributed by atoms with Crippen LogP contribution < -0.4 is 5.32 Å². The van der Waals surface area contributed by atoms with Crippen molar-refractivity contribution in [3.05, 3.63) is 11.9 Å². The minimum Gasteiger partial charge on any atom is -0.373 e. The predicted molar refractivity (Wildman–Crippen MR) is 74.8 cm³/mol. The summed E-state index contributed by atoms with van der Waals surface area (Å²) in [6.07, 6.45) is 3.52. The maximum absolute atomic E-state index is 12.1. The SMILES string of the molecule is CC(C)[C@H]1COCc2cnnn2CCC[C@@H](C)C(=O)N1. The van der Waals surface area contributed by atoms with E-state index in [0.717, 1.165) is 25.1 Å². The Morgan fingerprint density at radius 3 is 3.05 bits per heavy atom. The number of carbonyl (C=O) groups excluding carboxylic acids is 1. The van der Waals surface area contributed by atoms with Crippen molar-refractivity contribution in [1.29, 1.82) is 0 Å². The van der Waals surface area contributed by atoms with E-state index in [0.29, 0.717) is 19.1 Å². The van der Waals surface area contributed by atoms with Crippen molar-refractivity contribution < 1.29 is 9.53 Å². The number of nitrogens with zero attached hydrogens (tertiary/aromatic N) is 3. The number of amides is 1. The van der Waals surface area contributed by atoms with Crippen LogP contribution >= 0.6 is 0 Å². The number of fused-ring (bicyclic) bond motifs is 1. The smallest absolute Gasteiger partial charge is 0.223 e. The van der Waals surface area contributed by atoms with Crippen LogP contribution in [0.4, 0.5) is 0 Å². The highest BCUT2D eigenvalue weighted by molar-refractivity contribution is 5.78. The normalized spacial score (nSPS) is 25.5. The van der Waals surface area contributed by atoms with Crippen molar-refractivity contribution in [2.45, 2.75) is 52.8 Å². The topological polar surface area (TPSA) is 69.0 Å². The standard InChI is InChI=1S/C14H24N4O2/c1-10(2)13-9-20-8-12-7-15-17-18(12)6-4-5-11(3)14(19)16-13/h7,10-11,13H,4-6,8-9H2,1-3H3,(H,16,19)/t11-,13-/m1/s1. The van der Waals surface area contributed by atoms with Gasteiger partial charge in [0.15, 0.2) is 0 Å². The van der Waals surface area contributed by atoms with Crippen molar-refractivity contribution in [3.63, 3.8) is 0 Å². The molecule has 0 unspecified atom stereocenters. The number of nitrogens with one attached hydrogen (secondary N) is 1. The largest absolute Gasteiger partial charge is 0.373 e. The molecular weight excluding hydrogens is 256 g/mol. The second-order valence-corrected chi connectivity index (χ2v) is 5.87. The lowest BCUT2D eigenvalue weighted by atomic mass is 10.0. The highest BCUT2D eigenvalue weighted by Gasteiger charge is 2.21. The molecule has 0 fully saturated rings. The van der Waals surface area contributed by atoms with Crippen LogP contribution in [0.5, 0.6) is 0 Å². The minimum atomic E-state index is 0.0163. The van der Waals surface area contributed by atoms with E-state index in [9.17, 15) is 4.79 Å². The summed E-state index contributed by atoms with van der Waals surface area (Å²) in [5, 5.41) is 11.1. The van der Waals surface area contributed by atoms with Crippen molar-refractivity contribution in [1.82, 2.24) is 20.3 Å². The molecule has 1 aliphatic heterocycles. The molecule has 1 aromatic heterocycles. The van der Waals surface area contributed by atoms with Gasteiger partial charge in [0.2, 0.25) is 5.91 Å². The van der Waals surface area contributed by atoms with E-state index in [-0.39, 0.29) is 17.9 Å². The van der Waals surface area contributed by atoms with E-state index in [4.69, 9.17) is 4.74 Å². The van der Waals surface area contributed by atoms with Crippen molar-refractivity contribution in [2.75, 3.05) is 6.61 Å². The van der Waals surface area contributed by atoms with Crippen LogP contribution in [0.15, 0.2) is 6.20 Å². The van der Waals surface area contributed by atoms with E-state index in [1.54, 1.807) is 6.20 Å². The van der Waals surface area contributed by atoms with E-state index >= 15 is 0 Å². The number of rotatable bonds is 1. The van der Waals surface area contributed by atoms with Gasteiger partial charge in [0, 0.05) is 12.5 Å². The molecule has 1 N–H and O–H groups in total. The van der Waals surface area contributed by atoms with Gasteiger partial charge >= 0.3 is 0 Å². The first kappa shape index (κ1) is 15.0. The summed E-state index contributed by atoms with van der Waals surface area (Å²) in [5.41, 5.74) is 0.993. The first-order valence-electron chi connectivity index (χ1n) is 7.33. The number of aromatic nitrogens is 3. The van der Waals surface area contributed by atoms with E-state index in [2.05, 4.69) is 29.5 Å². The van der Waals surface area contributed by atoms with Gasteiger partial charge in [-0.1, -0.05) is 26.0 Å². The summed E-state index contributed by atoms with van der Waals surface area (Å²) < 4.78 is 7.60. The Bertz CT molecular complexity index is 444. The number of hydrogen-bond acceptors (Lipinski definition) is 4. The summed E-state index contributed by atoms with van der Waals surface area (Å²) >= 11 is 0. The second-order valence-electron chi connectivity index (χ2n) is 5.87. The number of aryl methyl sites for hydroxylation is 1. The first-order valence-corrected chi connectivity index (χ1v) is 7.33. The third-order valence-corrected chi connectivity index (χ3v) is 3.83. The maximum atomic E-state index is 12.1. The molecule has 20 heavy (non-hydrogen) atoms. The van der Waals surface area contributed by atoms with E-state index in [1.165, 1.54) is 0 Å². The molecule has 6 nitrogen and oxygen atoms in total. The fourth-order valence-corrected chi connectivity index (χ4v) is 2.27. The molecule has 1 aliphatic rings. The van der Waals surface area contributed by atoms with E-state index < -0.39 is 0 Å². The molecule has 6 heteroatoms. The van der Waals surface area contributed by atoms with Crippen LogP contribution in [0.1, 0.15) is 39.3 Å². The van der Waals surface area contributed by atoms with Gasteiger partial charge < -0.3 is 10.1 Å². The zero-order chi connectivity index (χ0) is 14.5. The van der Waals surface area contributed by atoms with Gasteiger partial charge in [0.1, 0.15) is 0 Å². The van der Waals surface area contributed by atoms with Gasteiger partial charge in [-0.05, 0) is 18.8 Å². The minimum absolute atomic E-state index is 0.0163. The second kappa shape index (κ2) is 6.83. The Balaban J connectivity index is 2.09. The van der Waals surface area contributed by atoms with Crippen LogP contribution in [0, 0.1) is 11.8 Å². The Kier molecular flexibility index (Phi) is 5.11. The molecular formula is C14H24N4O2. The van der Waals surface area contributed by atoms with Gasteiger partial charge in [0.05, 0.1) is 31.1 Å². The van der Waals surface area contributed by atoms with Gasteiger partial charge in [0.25, 0.3) is 0 Å². The number of hydrogen-bond donors (Lipinski definition) is 1. The summed E-state index contributed by atoms with van der Waals surface area (Å²) in [6, 6.07) is 0.0497. The van der Waals surface area contributed by atoms with Crippen LogP contribution in [0.25, 0.3) is 0 Å². The summed E-state index contributed by atoms with van der Waals surface area (Å²) in [7, 11) is 0. The fraction of sp³-hybridized carbons (Fsp3) is 0.786. The average Bonchev–Trinajstić information content (AvgIpc) is 2.83. The first-order chi connectivity index (χ1) is 9.58. The fourth-order valence-electron chi connectivity index (χ4n) is 2.27. The highest BCUT2D eigenvalue weighted by Crippen LogP contribution is 2.12. The van der Waals surface area contributed by atoms with Crippen LogP contribution in [0.2, 0.25) is 0 Å². The third kappa shape index (κ3) is 3.79. The lowest BCUT2D eigenvalue weighted by Gasteiger charge is -2.25. The molecule has 0 aromatic carbocycles. The van der Waals surface area contributed by atoms with Crippen LogP contribution in [0.3, 0.4) is 0 Å². The lowest BCUT2D eigenvalue weighted by Crippen LogP contribution is -2.44. The molecule has 0 aliphatic carbocycles. The molecule has 1 aromatic rings. The Morgan fingerprint density at radius 2 is 2.30 bits per heavy atom. The Hall–Kier alpha value is -1.43. The zero-order valence-corrected chi connectivity index (χ0v) is 12.5. The number of ether oxygens (including phenoxy) is 1. The Morgan fingerprint density at radius 1 is 1.50 bits per heavy atom. The number of carbonyl (C=O) groups is 1. The third-order valence-electron chi connectivity index (χ3n) is 3.83. The van der Waals surface area contributed by atoms with Gasteiger partial charge in [-0.2, -0.15) is 0 Å². The molecule has 2 rings (SSSR count). The molecule has 1 amide bonds. The molecule has 0 saturated heterocycles. The molecule has 0 spiro atoms.